The molecular weight excluding hydrogens is 214 g/mol. The number of benzene rings is 1. The third kappa shape index (κ3) is 3.13. The molecule has 0 aliphatic heterocycles. The van der Waals surface area contributed by atoms with Crippen molar-refractivity contribution in [1.29, 1.82) is 0 Å². The molecule has 0 aliphatic rings. The molecule has 0 spiro atoms. The maximum atomic E-state index is 11.4. The third-order valence-electron chi connectivity index (χ3n) is 1.98. The molecule has 1 unspecified atom stereocenters. The minimum Gasteiger partial charge on any atom is -0.495 e. The number of carbonyl (C=O) groups is 1. The maximum Gasteiger partial charge on any atom is 0.242 e. The number of aryl methyl sites for hydroxylation is 1. The lowest BCUT2D eigenvalue weighted by molar-refractivity contribution is -0.115. The van der Waals surface area contributed by atoms with E-state index in [0.29, 0.717) is 11.4 Å². The average Bonchev–Trinajstić information content (AvgIpc) is 2.20. The van der Waals surface area contributed by atoms with Gasteiger partial charge in [0.2, 0.25) is 5.91 Å². The Morgan fingerprint density at radius 3 is 2.73 bits per heavy atom. The largest absolute Gasteiger partial charge is 0.495 e. The van der Waals surface area contributed by atoms with E-state index in [1.165, 1.54) is 0 Å². The van der Waals surface area contributed by atoms with E-state index in [2.05, 4.69) is 5.32 Å². The quantitative estimate of drug-likeness (QED) is 0.806. The van der Waals surface area contributed by atoms with Gasteiger partial charge in [0.25, 0.3) is 0 Å². The fraction of sp³-hybridized carbons (Fsp3) is 0.364. The Balaban J connectivity index is 2.89. The van der Waals surface area contributed by atoms with E-state index in [-0.39, 0.29) is 5.91 Å². The molecule has 0 radical (unpaired) electrons. The summed E-state index contributed by atoms with van der Waals surface area (Å²) in [5.74, 6) is 0.402. The Kier molecular flexibility index (Phi) is 3.97. The van der Waals surface area contributed by atoms with E-state index in [4.69, 9.17) is 16.3 Å². The summed E-state index contributed by atoms with van der Waals surface area (Å²) in [7, 11) is 1.56. The predicted molar refractivity (Wildman–Crippen MR) is 61.7 cm³/mol. The topological polar surface area (TPSA) is 38.3 Å². The highest BCUT2D eigenvalue weighted by molar-refractivity contribution is 6.32. The number of anilines is 1. The number of hydrogen-bond donors (Lipinski definition) is 1. The first kappa shape index (κ1) is 11.9. The molecule has 1 atom stereocenters. The first-order chi connectivity index (χ1) is 7.04. The Morgan fingerprint density at radius 2 is 2.20 bits per heavy atom. The van der Waals surface area contributed by atoms with E-state index in [1.54, 1.807) is 20.1 Å². The van der Waals surface area contributed by atoms with Gasteiger partial charge in [0, 0.05) is 0 Å². The molecule has 3 nitrogen and oxygen atoms in total. The summed E-state index contributed by atoms with van der Waals surface area (Å²) in [6.45, 7) is 3.58. The number of carbonyl (C=O) groups excluding carboxylic acids is 1. The summed E-state index contributed by atoms with van der Waals surface area (Å²) in [6, 6.07) is 5.55. The average molecular weight is 228 g/mol. The number of methoxy groups -OCH3 is 1. The smallest absolute Gasteiger partial charge is 0.242 e. The molecule has 0 aromatic heterocycles. The molecule has 1 amide bonds. The maximum absolute atomic E-state index is 11.4. The van der Waals surface area contributed by atoms with Crippen LogP contribution in [0.2, 0.25) is 0 Å². The van der Waals surface area contributed by atoms with Crippen molar-refractivity contribution in [3.8, 4) is 5.75 Å². The molecule has 0 fully saturated rings. The first-order valence-electron chi connectivity index (χ1n) is 4.64. The van der Waals surface area contributed by atoms with Gasteiger partial charge in [-0.1, -0.05) is 6.07 Å². The van der Waals surface area contributed by atoms with Gasteiger partial charge in [-0.3, -0.25) is 4.79 Å². The predicted octanol–water partition coefficient (Wildman–Crippen LogP) is 2.57. The van der Waals surface area contributed by atoms with Crippen LogP contribution in [0.3, 0.4) is 0 Å². The zero-order chi connectivity index (χ0) is 11.4. The second-order valence-electron chi connectivity index (χ2n) is 3.31. The van der Waals surface area contributed by atoms with Crippen LogP contribution in [-0.2, 0) is 4.79 Å². The van der Waals surface area contributed by atoms with Gasteiger partial charge in [0.05, 0.1) is 12.8 Å². The van der Waals surface area contributed by atoms with Gasteiger partial charge in [-0.2, -0.15) is 0 Å². The van der Waals surface area contributed by atoms with Crippen LogP contribution in [0.25, 0.3) is 0 Å². The Morgan fingerprint density at radius 1 is 1.53 bits per heavy atom. The molecule has 82 valence electrons. The number of halogens is 1. The van der Waals surface area contributed by atoms with Gasteiger partial charge in [0.1, 0.15) is 11.1 Å². The highest BCUT2D eigenvalue weighted by atomic mass is 35.5. The van der Waals surface area contributed by atoms with Crippen molar-refractivity contribution in [1.82, 2.24) is 0 Å². The van der Waals surface area contributed by atoms with E-state index < -0.39 is 5.38 Å². The van der Waals surface area contributed by atoms with Crippen LogP contribution in [0, 0.1) is 6.92 Å². The van der Waals surface area contributed by atoms with Crippen LogP contribution in [0.5, 0.6) is 5.75 Å². The van der Waals surface area contributed by atoms with E-state index in [9.17, 15) is 4.79 Å². The van der Waals surface area contributed by atoms with Crippen LogP contribution in [0.4, 0.5) is 5.69 Å². The SMILES string of the molecule is COc1cc(C)ccc1NC(=O)C(C)Cl. The highest BCUT2D eigenvalue weighted by Gasteiger charge is 2.11. The van der Waals surface area contributed by atoms with Gasteiger partial charge in [-0.25, -0.2) is 0 Å². The highest BCUT2D eigenvalue weighted by Crippen LogP contribution is 2.25. The molecule has 1 aromatic rings. The van der Waals surface area contributed by atoms with E-state index >= 15 is 0 Å². The molecule has 1 aromatic carbocycles. The molecular formula is C11H14ClNO2. The van der Waals surface area contributed by atoms with Crippen LogP contribution in [-0.4, -0.2) is 18.4 Å². The number of hydrogen-bond acceptors (Lipinski definition) is 2. The molecule has 0 heterocycles. The summed E-state index contributed by atoms with van der Waals surface area (Å²) in [5, 5.41) is 2.13. The van der Waals surface area contributed by atoms with Gasteiger partial charge in [-0.15, -0.1) is 11.6 Å². The third-order valence-corrected chi connectivity index (χ3v) is 2.17. The number of alkyl halides is 1. The number of rotatable bonds is 3. The Labute approximate surface area is 94.4 Å². The number of amides is 1. The zero-order valence-corrected chi connectivity index (χ0v) is 9.76. The second-order valence-corrected chi connectivity index (χ2v) is 3.96. The van der Waals surface area contributed by atoms with Crippen LogP contribution >= 0.6 is 11.6 Å². The molecule has 0 bridgehead atoms. The molecule has 1 N–H and O–H groups in total. The first-order valence-corrected chi connectivity index (χ1v) is 5.08. The van der Waals surface area contributed by atoms with Gasteiger partial charge in [0.15, 0.2) is 0 Å². The molecule has 0 saturated carbocycles. The van der Waals surface area contributed by atoms with Crippen molar-refractivity contribution in [2.75, 3.05) is 12.4 Å². The Bertz CT molecular complexity index is 364. The summed E-state index contributed by atoms with van der Waals surface area (Å²) < 4.78 is 5.15. The fourth-order valence-electron chi connectivity index (χ4n) is 1.13. The van der Waals surface area contributed by atoms with E-state index in [1.807, 2.05) is 19.1 Å². The van der Waals surface area contributed by atoms with Crippen molar-refractivity contribution in [2.24, 2.45) is 0 Å². The normalized spacial score (nSPS) is 12.0. The van der Waals surface area contributed by atoms with Crippen LogP contribution < -0.4 is 10.1 Å². The Hall–Kier alpha value is -1.22. The van der Waals surface area contributed by atoms with Gasteiger partial charge < -0.3 is 10.1 Å². The number of nitrogens with one attached hydrogen (secondary N) is 1. The van der Waals surface area contributed by atoms with Crippen molar-refractivity contribution in [2.45, 2.75) is 19.2 Å². The van der Waals surface area contributed by atoms with Gasteiger partial charge >= 0.3 is 0 Å². The summed E-state index contributed by atoms with van der Waals surface area (Å²) in [6.07, 6.45) is 0. The van der Waals surface area contributed by atoms with E-state index in [0.717, 1.165) is 5.56 Å². The monoisotopic (exact) mass is 227 g/mol. The van der Waals surface area contributed by atoms with Crippen molar-refractivity contribution in [3.63, 3.8) is 0 Å². The molecule has 0 saturated heterocycles. The minimum atomic E-state index is -0.559. The molecule has 4 heteroatoms. The lowest BCUT2D eigenvalue weighted by atomic mass is 10.2. The van der Waals surface area contributed by atoms with Crippen LogP contribution in [0.1, 0.15) is 12.5 Å². The van der Waals surface area contributed by atoms with Crippen molar-refractivity contribution in [3.05, 3.63) is 23.8 Å². The summed E-state index contributed by atoms with van der Waals surface area (Å²) in [5.41, 5.74) is 1.71. The second kappa shape index (κ2) is 5.03. The summed E-state index contributed by atoms with van der Waals surface area (Å²) in [4.78, 5) is 11.4. The van der Waals surface area contributed by atoms with Gasteiger partial charge in [-0.05, 0) is 31.5 Å². The summed E-state index contributed by atoms with van der Waals surface area (Å²) >= 11 is 5.65. The minimum absolute atomic E-state index is 0.237. The standard InChI is InChI=1S/C11H14ClNO2/c1-7-4-5-9(10(6-7)15-3)13-11(14)8(2)12/h4-6,8H,1-3H3,(H,13,14). The fourth-order valence-corrected chi connectivity index (χ4v) is 1.19. The van der Waals surface area contributed by atoms with Crippen molar-refractivity contribution < 1.29 is 9.53 Å². The molecule has 15 heavy (non-hydrogen) atoms. The lowest BCUT2D eigenvalue weighted by Crippen LogP contribution is -2.20. The zero-order valence-electron chi connectivity index (χ0n) is 9.00. The molecule has 0 aliphatic carbocycles. The van der Waals surface area contributed by atoms with Crippen LogP contribution in [0.15, 0.2) is 18.2 Å². The molecule has 1 rings (SSSR count). The van der Waals surface area contributed by atoms with Crippen molar-refractivity contribution >= 4 is 23.2 Å². The number of ether oxygens (including phenoxy) is 1. The lowest BCUT2D eigenvalue weighted by Gasteiger charge is -2.11.